The van der Waals surface area contributed by atoms with Crippen LogP contribution >= 0.6 is 11.6 Å². The van der Waals surface area contributed by atoms with Gasteiger partial charge in [-0.25, -0.2) is 0 Å². The van der Waals surface area contributed by atoms with Gasteiger partial charge in [0, 0.05) is 0 Å². The molecule has 2 rings (SSSR count). The van der Waals surface area contributed by atoms with Crippen LogP contribution in [0.15, 0.2) is 11.1 Å². The molecule has 4 heteroatoms. The molecule has 0 nitrogen and oxygen atoms in total. The molecule has 0 aromatic rings. The third kappa shape index (κ3) is 2.00. The van der Waals surface area contributed by atoms with Crippen LogP contribution in [0, 0.1) is 28.6 Å². The number of allylic oxidation sites excluding steroid dienone is 2. The molecule has 4 atom stereocenters. The van der Waals surface area contributed by atoms with Crippen molar-refractivity contribution < 1.29 is 13.2 Å². The van der Waals surface area contributed by atoms with E-state index < -0.39 is 11.2 Å². The molecule has 2 saturated carbocycles. The Bertz CT molecular complexity index is 369. The highest BCUT2D eigenvalue weighted by molar-refractivity contribution is 6.30. The molecule has 2 aliphatic carbocycles. The van der Waals surface area contributed by atoms with E-state index >= 15 is 0 Å². The van der Waals surface area contributed by atoms with Gasteiger partial charge >= 0.3 is 6.18 Å². The van der Waals surface area contributed by atoms with Crippen molar-refractivity contribution in [3.05, 3.63) is 11.1 Å². The van der Waals surface area contributed by atoms with Crippen LogP contribution < -0.4 is 0 Å². The lowest BCUT2D eigenvalue weighted by molar-refractivity contribution is -0.0848. The van der Waals surface area contributed by atoms with Crippen molar-refractivity contribution in [3.63, 3.8) is 0 Å². The van der Waals surface area contributed by atoms with E-state index in [1.165, 1.54) is 6.08 Å². The van der Waals surface area contributed by atoms with Crippen LogP contribution in [0.5, 0.6) is 0 Å². The summed E-state index contributed by atoms with van der Waals surface area (Å²) in [5, 5.41) is -0.963. The Hall–Kier alpha value is -0.180. The smallest absolute Gasteiger partial charge is 0.165 e. The van der Waals surface area contributed by atoms with E-state index in [0.717, 1.165) is 6.42 Å². The van der Waals surface area contributed by atoms with E-state index in [-0.39, 0.29) is 16.7 Å². The van der Waals surface area contributed by atoms with Gasteiger partial charge in [0.15, 0.2) is 0 Å². The maximum atomic E-state index is 12.4. The molecule has 0 aromatic carbocycles. The highest BCUT2D eigenvalue weighted by Gasteiger charge is 2.70. The second-order valence-corrected chi connectivity index (χ2v) is 6.86. The van der Waals surface area contributed by atoms with Gasteiger partial charge in [-0.2, -0.15) is 13.2 Å². The zero-order chi connectivity index (χ0) is 13.2. The Morgan fingerprint density at radius 2 is 1.76 bits per heavy atom. The van der Waals surface area contributed by atoms with Gasteiger partial charge in [0.1, 0.15) is 5.03 Å². The quantitative estimate of drug-likeness (QED) is 0.660. The molecule has 0 amide bonds. The lowest BCUT2D eigenvalue weighted by Gasteiger charge is -2.10. The topological polar surface area (TPSA) is 0 Å². The maximum absolute atomic E-state index is 12.4. The first kappa shape index (κ1) is 13.3. The van der Waals surface area contributed by atoms with Crippen LogP contribution in [-0.2, 0) is 0 Å². The SMILES string of the molecule is CC1CC1(C)C1C(C=C(Cl)C(F)(F)F)C1(C)C. The molecule has 98 valence electrons. The predicted molar refractivity (Wildman–Crippen MR) is 62.6 cm³/mol. The zero-order valence-electron chi connectivity index (χ0n) is 10.5. The van der Waals surface area contributed by atoms with Gasteiger partial charge in [-0.05, 0) is 35.0 Å². The average Bonchev–Trinajstić information content (AvgIpc) is 2.88. The van der Waals surface area contributed by atoms with Gasteiger partial charge in [0.25, 0.3) is 0 Å². The summed E-state index contributed by atoms with van der Waals surface area (Å²) in [5.74, 6) is 0.919. The third-order valence-corrected chi connectivity index (χ3v) is 5.27. The molecule has 2 aliphatic rings. The van der Waals surface area contributed by atoms with Crippen LogP contribution in [0.3, 0.4) is 0 Å². The molecule has 0 aliphatic heterocycles. The fourth-order valence-electron chi connectivity index (χ4n) is 3.54. The highest BCUT2D eigenvalue weighted by Crippen LogP contribution is 2.76. The fourth-order valence-corrected chi connectivity index (χ4v) is 3.67. The minimum Gasteiger partial charge on any atom is -0.165 e. The van der Waals surface area contributed by atoms with Crippen molar-refractivity contribution in [2.45, 2.75) is 40.3 Å². The van der Waals surface area contributed by atoms with Crippen LogP contribution in [0.4, 0.5) is 13.2 Å². The molecule has 0 radical (unpaired) electrons. The summed E-state index contributed by atoms with van der Waals surface area (Å²) >= 11 is 5.33. The summed E-state index contributed by atoms with van der Waals surface area (Å²) in [5.41, 5.74) is 0.165. The Labute approximate surface area is 105 Å². The molecule has 0 N–H and O–H groups in total. The first-order valence-electron chi connectivity index (χ1n) is 5.96. The fraction of sp³-hybridized carbons (Fsp3) is 0.846. The van der Waals surface area contributed by atoms with E-state index in [2.05, 4.69) is 13.8 Å². The van der Waals surface area contributed by atoms with E-state index in [4.69, 9.17) is 11.6 Å². The van der Waals surface area contributed by atoms with Gasteiger partial charge in [0.05, 0.1) is 0 Å². The summed E-state index contributed by atoms with van der Waals surface area (Å²) in [6.45, 7) is 8.42. The number of halogens is 4. The summed E-state index contributed by atoms with van der Waals surface area (Å²) in [4.78, 5) is 0. The Balaban J connectivity index is 2.15. The van der Waals surface area contributed by atoms with Crippen molar-refractivity contribution in [1.82, 2.24) is 0 Å². The van der Waals surface area contributed by atoms with E-state index in [9.17, 15) is 13.2 Å². The Morgan fingerprint density at radius 1 is 1.29 bits per heavy atom. The van der Waals surface area contributed by atoms with E-state index in [1.807, 2.05) is 13.8 Å². The van der Waals surface area contributed by atoms with Gasteiger partial charge in [0.2, 0.25) is 0 Å². The molecular formula is C13H18ClF3. The van der Waals surface area contributed by atoms with Crippen LogP contribution in [-0.4, -0.2) is 6.18 Å². The predicted octanol–water partition coefficient (Wildman–Crippen LogP) is 4.99. The highest BCUT2D eigenvalue weighted by atomic mass is 35.5. The minimum atomic E-state index is -4.40. The molecule has 0 spiro atoms. The first-order chi connectivity index (χ1) is 7.51. The Kier molecular flexibility index (Phi) is 2.68. The van der Waals surface area contributed by atoms with Crippen molar-refractivity contribution in [2.24, 2.45) is 28.6 Å². The summed E-state index contributed by atoms with van der Waals surface area (Å²) < 4.78 is 37.2. The normalized spacial score (nSPS) is 44.7. The monoisotopic (exact) mass is 266 g/mol. The average molecular weight is 267 g/mol. The molecule has 2 fully saturated rings. The van der Waals surface area contributed by atoms with Gasteiger partial charge in [-0.3, -0.25) is 0 Å². The molecule has 17 heavy (non-hydrogen) atoms. The lowest BCUT2D eigenvalue weighted by Crippen LogP contribution is -2.08. The standard InChI is InChI=1S/C13H18ClF3/c1-7-6-12(7,4)10-8(11(10,2)3)5-9(14)13(15,16)17/h5,7-8,10H,6H2,1-4H3. The third-order valence-electron chi connectivity index (χ3n) is 4.93. The summed E-state index contributed by atoms with van der Waals surface area (Å²) in [6, 6.07) is 0. The Morgan fingerprint density at radius 3 is 2.12 bits per heavy atom. The van der Waals surface area contributed by atoms with Crippen molar-refractivity contribution in [1.29, 1.82) is 0 Å². The number of hydrogen-bond donors (Lipinski definition) is 0. The van der Waals surface area contributed by atoms with Gasteiger partial charge < -0.3 is 0 Å². The number of alkyl halides is 3. The second kappa shape index (κ2) is 3.43. The molecule has 0 bridgehead atoms. The minimum absolute atomic E-state index is 0.0356. The van der Waals surface area contributed by atoms with Gasteiger partial charge in [-0.15, -0.1) is 0 Å². The van der Waals surface area contributed by atoms with Crippen LogP contribution in [0.25, 0.3) is 0 Å². The second-order valence-electron chi connectivity index (χ2n) is 6.45. The van der Waals surface area contributed by atoms with Crippen LogP contribution in [0.1, 0.15) is 34.1 Å². The van der Waals surface area contributed by atoms with Crippen molar-refractivity contribution >= 4 is 11.6 Å². The molecule has 0 aromatic heterocycles. The summed E-state index contributed by atoms with van der Waals surface area (Å²) in [6.07, 6.45) is -2.06. The van der Waals surface area contributed by atoms with Crippen molar-refractivity contribution in [2.75, 3.05) is 0 Å². The summed E-state index contributed by atoms with van der Waals surface area (Å²) in [7, 11) is 0. The molecular weight excluding hydrogens is 249 g/mol. The molecule has 0 saturated heterocycles. The number of hydrogen-bond acceptors (Lipinski definition) is 0. The van der Waals surface area contributed by atoms with Gasteiger partial charge in [-0.1, -0.05) is 45.4 Å². The molecule has 0 heterocycles. The lowest BCUT2D eigenvalue weighted by atomic mass is 9.94. The van der Waals surface area contributed by atoms with E-state index in [1.54, 1.807) is 0 Å². The number of rotatable bonds is 2. The maximum Gasteiger partial charge on any atom is 0.426 e. The van der Waals surface area contributed by atoms with Crippen LogP contribution in [0.2, 0.25) is 0 Å². The first-order valence-corrected chi connectivity index (χ1v) is 6.33. The molecule has 4 unspecified atom stereocenters. The van der Waals surface area contributed by atoms with E-state index in [0.29, 0.717) is 11.8 Å². The van der Waals surface area contributed by atoms with Crippen molar-refractivity contribution in [3.8, 4) is 0 Å². The zero-order valence-corrected chi connectivity index (χ0v) is 11.3. The largest absolute Gasteiger partial charge is 0.426 e.